The second kappa shape index (κ2) is 12.3. The number of para-hydroxylation sites is 1. The Morgan fingerprint density at radius 2 is 1.41 bits per heavy atom. The number of anilines is 1. The SMILES string of the molecule is C(#C[C]1[CH][CH][CH][CH]1)/C=N/Nc1ccccc1.[CH]1[CH][CH][CH][CH]1.[Fe+2]. The minimum absolute atomic E-state index is 0. The molecule has 2 nitrogen and oxygen atoms in total. The number of rotatable bonds is 2. The number of nitrogens with one attached hydrogen (secondary N) is 1. The molecule has 0 bridgehead atoms. The van der Waals surface area contributed by atoms with Gasteiger partial charge in [0.15, 0.2) is 0 Å². The van der Waals surface area contributed by atoms with E-state index in [4.69, 9.17) is 0 Å². The maximum Gasteiger partial charge on any atom is 2.00 e. The van der Waals surface area contributed by atoms with Crippen molar-refractivity contribution in [2.75, 3.05) is 5.43 Å². The average Bonchev–Trinajstić information content (AvgIpc) is 3.24. The number of nitrogens with zero attached hydrogens (tertiary/aromatic N) is 1. The van der Waals surface area contributed by atoms with Gasteiger partial charge in [-0.15, -0.1) is 0 Å². The molecule has 0 saturated heterocycles. The van der Waals surface area contributed by atoms with E-state index in [2.05, 4.69) is 22.4 Å². The first-order valence-corrected chi connectivity index (χ1v) is 6.68. The van der Waals surface area contributed by atoms with E-state index in [-0.39, 0.29) is 17.1 Å². The van der Waals surface area contributed by atoms with Crippen LogP contribution in [0.3, 0.4) is 0 Å². The fourth-order valence-corrected chi connectivity index (χ4v) is 1.55. The summed E-state index contributed by atoms with van der Waals surface area (Å²) in [5, 5.41) is 3.99. The second-order valence-corrected chi connectivity index (χ2v) is 4.14. The smallest absolute Gasteiger partial charge is 0.278 e. The standard InChI is InChI=1S/C14H11N2.C5H5.Fe/c1-2-10-14(11-3-1)16-15-12-6-9-13-7-4-5-8-13;1-2-4-5-3-1;/h1-5,7-8,10-12,16H;1-5H;/q;;+2/b15-12+;;. The third kappa shape index (κ3) is 8.27. The summed E-state index contributed by atoms with van der Waals surface area (Å²) < 4.78 is 0. The minimum atomic E-state index is 0. The van der Waals surface area contributed by atoms with Crippen LogP contribution in [0.1, 0.15) is 0 Å². The quantitative estimate of drug-likeness (QED) is 0.382. The van der Waals surface area contributed by atoms with Gasteiger partial charge in [0.1, 0.15) is 0 Å². The van der Waals surface area contributed by atoms with E-state index in [0.717, 1.165) is 11.6 Å². The molecule has 0 atom stereocenters. The third-order valence-electron chi connectivity index (χ3n) is 2.53. The van der Waals surface area contributed by atoms with Crippen LogP contribution in [0, 0.1) is 75.5 Å². The number of hydrogen-bond acceptors (Lipinski definition) is 2. The zero-order valence-electron chi connectivity index (χ0n) is 12.0. The molecule has 2 aliphatic rings. The van der Waals surface area contributed by atoms with Crippen molar-refractivity contribution < 1.29 is 17.1 Å². The van der Waals surface area contributed by atoms with Crippen molar-refractivity contribution in [3.63, 3.8) is 0 Å². The Bertz CT molecular complexity index is 456. The van der Waals surface area contributed by atoms with Crippen LogP contribution in [0.15, 0.2) is 35.4 Å². The molecule has 1 aromatic rings. The van der Waals surface area contributed by atoms with Crippen LogP contribution in [0.25, 0.3) is 0 Å². The average molecular weight is 328 g/mol. The Hall–Kier alpha value is -1.23. The molecule has 2 fully saturated rings. The van der Waals surface area contributed by atoms with E-state index in [1.807, 2.05) is 88.1 Å². The molecule has 0 aliphatic heterocycles. The van der Waals surface area contributed by atoms with E-state index in [1.165, 1.54) is 0 Å². The van der Waals surface area contributed by atoms with Gasteiger partial charge >= 0.3 is 17.1 Å². The largest absolute Gasteiger partial charge is 2.00 e. The van der Waals surface area contributed by atoms with Gasteiger partial charge in [0.25, 0.3) is 0 Å². The van der Waals surface area contributed by atoms with Crippen molar-refractivity contribution in [2.24, 2.45) is 5.10 Å². The van der Waals surface area contributed by atoms with Gasteiger partial charge in [-0.2, -0.15) is 5.10 Å². The molecule has 0 unspecified atom stereocenters. The molecule has 2 saturated carbocycles. The van der Waals surface area contributed by atoms with Crippen molar-refractivity contribution >= 4 is 11.9 Å². The van der Waals surface area contributed by atoms with E-state index in [1.54, 1.807) is 6.21 Å². The Kier molecular flexibility index (Phi) is 10.5. The van der Waals surface area contributed by atoms with Crippen LogP contribution in [-0.4, -0.2) is 6.21 Å². The van der Waals surface area contributed by atoms with Crippen molar-refractivity contribution in [1.82, 2.24) is 0 Å². The monoisotopic (exact) mass is 328 g/mol. The topological polar surface area (TPSA) is 24.4 Å². The second-order valence-electron chi connectivity index (χ2n) is 4.14. The zero-order valence-corrected chi connectivity index (χ0v) is 13.1. The van der Waals surface area contributed by atoms with Gasteiger partial charge < -0.3 is 0 Å². The molecule has 1 aromatic carbocycles. The normalized spacial score (nSPS) is 17.1. The van der Waals surface area contributed by atoms with Crippen LogP contribution in [0.4, 0.5) is 5.69 Å². The molecule has 108 valence electrons. The summed E-state index contributed by atoms with van der Waals surface area (Å²) in [5.74, 6) is 6.83. The maximum absolute atomic E-state index is 3.99. The molecule has 0 aromatic heterocycles. The molecule has 3 rings (SSSR count). The minimum Gasteiger partial charge on any atom is -0.278 e. The van der Waals surface area contributed by atoms with Gasteiger partial charge in [0, 0.05) is 0 Å². The van der Waals surface area contributed by atoms with E-state index in [9.17, 15) is 0 Å². The maximum atomic E-state index is 3.99. The van der Waals surface area contributed by atoms with Crippen LogP contribution in [-0.2, 0) is 17.1 Å². The first-order valence-electron chi connectivity index (χ1n) is 6.68. The Morgan fingerprint density at radius 3 is 2.00 bits per heavy atom. The van der Waals surface area contributed by atoms with Gasteiger partial charge in [-0.3, -0.25) is 5.43 Å². The number of hydrogen-bond donors (Lipinski definition) is 1. The van der Waals surface area contributed by atoms with Crippen LogP contribution < -0.4 is 5.43 Å². The summed E-state index contributed by atoms with van der Waals surface area (Å²) in [6.07, 6.45) is 19.4. The fraction of sp³-hybridized carbons (Fsp3) is 0. The van der Waals surface area contributed by atoms with Gasteiger partial charge in [0.05, 0.1) is 17.8 Å². The summed E-state index contributed by atoms with van der Waals surface area (Å²) >= 11 is 0. The Balaban J connectivity index is 0.000000344. The number of hydrazone groups is 1. The summed E-state index contributed by atoms with van der Waals surface area (Å²) in [6.45, 7) is 0. The van der Waals surface area contributed by atoms with Crippen LogP contribution in [0.2, 0.25) is 0 Å². The van der Waals surface area contributed by atoms with Gasteiger partial charge in [-0.05, 0) is 69.9 Å². The number of benzene rings is 1. The molecule has 0 amide bonds. The summed E-state index contributed by atoms with van der Waals surface area (Å²) in [4.78, 5) is 0. The van der Waals surface area contributed by atoms with Crippen molar-refractivity contribution in [2.45, 2.75) is 0 Å². The predicted octanol–water partition coefficient (Wildman–Crippen LogP) is 3.51. The molecular weight excluding hydrogens is 312 g/mol. The molecule has 0 spiro atoms. The van der Waals surface area contributed by atoms with E-state index < -0.39 is 0 Å². The summed E-state index contributed by atoms with van der Waals surface area (Å²) in [6, 6.07) is 9.76. The van der Waals surface area contributed by atoms with Crippen molar-refractivity contribution in [1.29, 1.82) is 0 Å². The molecule has 22 heavy (non-hydrogen) atoms. The molecule has 2 aliphatic carbocycles. The van der Waals surface area contributed by atoms with Crippen molar-refractivity contribution in [3.05, 3.63) is 94.0 Å². The summed E-state index contributed by atoms with van der Waals surface area (Å²) in [5.41, 5.74) is 3.84. The predicted molar refractivity (Wildman–Crippen MR) is 88.3 cm³/mol. The third-order valence-corrected chi connectivity index (χ3v) is 2.53. The summed E-state index contributed by atoms with van der Waals surface area (Å²) in [7, 11) is 0. The Morgan fingerprint density at radius 1 is 0.818 bits per heavy atom. The van der Waals surface area contributed by atoms with Crippen molar-refractivity contribution in [3.8, 4) is 11.8 Å². The Labute approximate surface area is 145 Å². The molecule has 0 heterocycles. The first-order chi connectivity index (χ1) is 10.4. The van der Waals surface area contributed by atoms with Gasteiger partial charge in [-0.25, -0.2) is 0 Å². The van der Waals surface area contributed by atoms with E-state index >= 15 is 0 Å². The van der Waals surface area contributed by atoms with Crippen LogP contribution >= 0.6 is 0 Å². The molecule has 1 N–H and O–H groups in total. The molecular formula is C19H16FeN2+2. The molecule has 10 radical (unpaired) electrons. The van der Waals surface area contributed by atoms with E-state index in [0.29, 0.717) is 0 Å². The van der Waals surface area contributed by atoms with Gasteiger partial charge in [-0.1, -0.05) is 30.0 Å². The fourth-order valence-electron chi connectivity index (χ4n) is 1.55. The first kappa shape index (κ1) is 18.8. The zero-order chi connectivity index (χ0) is 14.6. The van der Waals surface area contributed by atoms with Crippen LogP contribution in [0.5, 0.6) is 0 Å². The van der Waals surface area contributed by atoms with Gasteiger partial charge in [0.2, 0.25) is 0 Å². The molecule has 3 heteroatoms.